The molecule has 0 heterocycles. The molecule has 30 heavy (non-hydrogen) atoms. The second-order valence-electron chi connectivity index (χ2n) is 9.24. The van der Waals surface area contributed by atoms with Crippen molar-refractivity contribution >= 4 is 18.0 Å². The van der Waals surface area contributed by atoms with Crippen LogP contribution in [0.2, 0.25) is 0 Å². The molecule has 1 aromatic rings. The molecule has 0 aliphatic heterocycles. The molecule has 0 radical (unpaired) electrons. The lowest BCUT2D eigenvalue weighted by molar-refractivity contribution is -0.148. The van der Waals surface area contributed by atoms with Crippen LogP contribution in [-0.2, 0) is 9.59 Å². The van der Waals surface area contributed by atoms with E-state index in [1.165, 1.54) is 25.5 Å². The molecule has 4 bridgehead atoms. The molecule has 1 aromatic carbocycles. The van der Waals surface area contributed by atoms with Gasteiger partial charge in [0.1, 0.15) is 17.5 Å². The summed E-state index contributed by atoms with van der Waals surface area (Å²) in [5, 5.41) is 6.99. The van der Waals surface area contributed by atoms with E-state index in [1.54, 1.807) is 39.3 Å². The first-order valence-electron chi connectivity index (χ1n) is 10.8. The predicted octanol–water partition coefficient (Wildman–Crippen LogP) is 2.88. The van der Waals surface area contributed by atoms with Crippen molar-refractivity contribution in [2.75, 3.05) is 14.2 Å². The first-order chi connectivity index (χ1) is 14.4. The summed E-state index contributed by atoms with van der Waals surface area (Å²) >= 11 is 0. The molecule has 2 N–H and O–H groups in total. The molecule has 4 aliphatic rings. The van der Waals surface area contributed by atoms with Crippen molar-refractivity contribution in [3.8, 4) is 11.5 Å². The molecule has 7 nitrogen and oxygen atoms in total. The zero-order chi connectivity index (χ0) is 21.3. The van der Waals surface area contributed by atoms with Crippen LogP contribution >= 0.6 is 0 Å². The van der Waals surface area contributed by atoms with Gasteiger partial charge in [0.05, 0.1) is 20.4 Å². The Morgan fingerprint density at radius 1 is 1.10 bits per heavy atom. The van der Waals surface area contributed by atoms with E-state index in [0.29, 0.717) is 34.8 Å². The van der Waals surface area contributed by atoms with Crippen LogP contribution in [0, 0.1) is 23.2 Å². The minimum absolute atomic E-state index is 0.0463. The maximum Gasteiger partial charge on any atom is 0.262 e. The summed E-state index contributed by atoms with van der Waals surface area (Å²) in [6.07, 6.45) is 8.31. The molecule has 1 unspecified atom stereocenters. The molecule has 4 aliphatic carbocycles. The van der Waals surface area contributed by atoms with Gasteiger partial charge in [-0.25, -0.2) is 5.43 Å². The van der Waals surface area contributed by atoms with Crippen LogP contribution < -0.4 is 20.2 Å². The molecule has 0 saturated heterocycles. The number of amides is 2. The summed E-state index contributed by atoms with van der Waals surface area (Å²) in [4.78, 5) is 25.6. The van der Waals surface area contributed by atoms with Crippen molar-refractivity contribution in [1.29, 1.82) is 0 Å². The maximum atomic E-state index is 13.1. The maximum absolute atomic E-state index is 13.1. The first-order valence-corrected chi connectivity index (χ1v) is 10.8. The number of ether oxygens (including phenoxy) is 2. The highest BCUT2D eigenvalue weighted by Crippen LogP contribution is 2.60. The third kappa shape index (κ3) is 4.02. The molecular formula is C23H31N3O4. The van der Waals surface area contributed by atoms with Gasteiger partial charge in [0.25, 0.3) is 5.91 Å². The second-order valence-corrected chi connectivity index (χ2v) is 9.24. The SMILES string of the molecule is COc1ccc(C=NNC(=O)C(C)NC(=O)C23CC4CC(CC(C4)C2)C3)c(OC)c1. The standard InChI is InChI=1S/C23H31N3O4/c1-14(21(27)26-24-13-18-4-5-19(29-2)9-20(18)30-3)25-22(28)23-10-15-6-16(11-23)8-17(7-15)12-23/h4-5,9,13-17H,6-8,10-12H2,1-3H3,(H,25,28)(H,26,27). The van der Waals surface area contributed by atoms with E-state index < -0.39 is 6.04 Å². The highest BCUT2D eigenvalue weighted by atomic mass is 16.5. The second kappa shape index (κ2) is 8.28. The smallest absolute Gasteiger partial charge is 0.262 e. The van der Waals surface area contributed by atoms with Gasteiger partial charge in [-0.15, -0.1) is 0 Å². The quantitative estimate of drug-likeness (QED) is 0.531. The Bertz CT molecular complexity index is 816. The third-order valence-corrected chi connectivity index (χ3v) is 7.08. The van der Waals surface area contributed by atoms with Crippen LogP contribution in [0.25, 0.3) is 0 Å². The van der Waals surface area contributed by atoms with E-state index in [4.69, 9.17) is 9.47 Å². The Morgan fingerprint density at radius 3 is 2.30 bits per heavy atom. The van der Waals surface area contributed by atoms with E-state index in [2.05, 4.69) is 15.8 Å². The summed E-state index contributed by atoms with van der Waals surface area (Å²) in [7, 11) is 3.15. The van der Waals surface area contributed by atoms with Gasteiger partial charge in [0.15, 0.2) is 0 Å². The fourth-order valence-corrected chi connectivity index (χ4v) is 5.99. The molecule has 4 saturated carbocycles. The summed E-state index contributed by atoms with van der Waals surface area (Å²) in [5.41, 5.74) is 2.97. The van der Waals surface area contributed by atoms with Crippen LogP contribution in [0.3, 0.4) is 0 Å². The van der Waals surface area contributed by atoms with Gasteiger partial charge in [0.2, 0.25) is 5.91 Å². The Kier molecular flexibility index (Phi) is 5.71. The molecule has 5 rings (SSSR count). The van der Waals surface area contributed by atoms with Gasteiger partial charge in [-0.3, -0.25) is 9.59 Å². The van der Waals surface area contributed by atoms with Gasteiger partial charge in [0, 0.05) is 17.0 Å². The Morgan fingerprint density at radius 2 is 1.73 bits per heavy atom. The minimum atomic E-state index is -0.639. The lowest BCUT2D eigenvalue weighted by Crippen LogP contribution is -2.56. The Balaban J connectivity index is 1.33. The predicted molar refractivity (Wildman–Crippen MR) is 113 cm³/mol. The van der Waals surface area contributed by atoms with Gasteiger partial charge >= 0.3 is 0 Å². The molecule has 0 aromatic heterocycles. The number of nitrogens with zero attached hydrogens (tertiary/aromatic N) is 1. The number of rotatable bonds is 7. The van der Waals surface area contributed by atoms with Gasteiger partial charge in [-0.1, -0.05) is 0 Å². The number of carbonyl (C=O) groups is 2. The Hall–Kier alpha value is -2.57. The lowest BCUT2D eigenvalue weighted by atomic mass is 9.49. The van der Waals surface area contributed by atoms with Gasteiger partial charge in [-0.2, -0.15) is 5.10 Å². The van der Waals surface area contributed by atoms with Crippen molar-refractivity contribution in [2.24, 2.45) is 28.3 Å². The number of hydrazone groups is 1. The largest absolute Gasteiger partial charge is 0.497 e. The first kappa shape index (κ1) is 20.7. The number of carbonyl (C=O) groups excluding carboxylic acids is 2. The average molecular weight is 414 g/mol. The van der Waals surface area contributed by atoms with Crippen molar-refractivity contribution in [3.05, 3.63) is 23.8 Å². The Labute approximate surface area is 177 Å². The molecule has 0 spiro atoms. The average Bonchev–Trinajstić information content (AvgIpc) is 2.72. The number of methoxy groups -OCH3 is 2. The molecule has 1 atom stereocenters. The van der Waals surface area contributed by atoms with E-state index in [-0.39, 0.29) is 17.2 Å². The van der Waals surface area contributed by atoms with E-state index in [1.807, 2.05) is 0 Å². The number of hydrogen-bond donors (Lipinski definition) is 2. The molecule has 162 valence electrons. The van der Waals surface area contributed by atoms with Gasteiger partial charge in [-0.05, 0) is 75.3 Å². The van der Waals surface area contributed by atoms with Crippen LogP contribution in [0.4, 0.5) is 0 Å². The highest BCUT2D eigenvalue weighted by Gasteiger charge is 2.54. The van der Waals surface area contributed by atoms with Crippen LogP contribution in [0.5, 0.6) is 11.5 Å². The van der Waals surface area contributed by atoms with Crippen molar-refractivity contribution in [3.63, 3.8) is 0 Å². The summed E-state index contributed by atoms with van der Waals surface area (Å²) in [6, 6.07) is 4.70. The number of hydrogen-bond acceptors (Lipinski definition) is 5. The third-order valence-electron chi connectivity index (χ3n) is 7.08. The summed E-state index contributed by atoms with van der Waals surface area (Å²) < 4.78 is 10.5. The molecule has 7 heteroatoms. The summed E-state index contributed by atoms with van der Waals surface area (Å²) in [5.74, 6) is 3.05. The normalized spacial score (nSPS) is 30.2. The summed E-state index contributed by atoms with van der Waals surface area (Å²) in [6.45, 7) is 1.71. The van der Waals surface area contributed by atoms with Gasteiger partial charge < -0.3 is 14.8 Å². The fourth-order valence-electron chi connectivity index (χ4n) is 5.99. The van der Waals surface area contributed by atoms with Crippen molar-refractivity contribution < 1.29 is 19.1 Å². The number of nitrogens with one attached hydrogen (secondary N) is 2. The molecule has 4 fully saturated rings. The monoisotopic (exact) mass is 413 g/mol. The molecule has 2 amide bonds. The van der Waals surface area contributed by atoms with E-state index in [0.717, 1.165) is 19.3 Å². The lowest BCUT2D eigenvalue weighted by Gasteiger charge is -2.55. The fraction of sp³-hybridized carbons (Fsp3) is 0.609. The number of benzene rings is 1. The van der Waals surface area contributed by atoms with E-state index >= 15 is 0 Å². The zero-order valence-corrected chi connectivity index (χ0v) is 17.9. The minimum Gasteiger partial charge on any atom is -0.497 e. The topological polar surface area (TPSA) is 89.0 Å². The van der Waals surface area contributed by atoms with Crippen molar-refractivity contribution in [1.82, 2.24) is 10.7 Å². The highest BCUT2D eigenvalue weighted by molar-refractivity contribution is 5.91. The van der Waals surface area contributed by atoms with Crippen molar-refractivity contribution in [2.45, 2.75) is 51.5 Å². The van der Waals surface area contributed by atoms with E-state index in [9.17, 15) is 9.59 Å². The molecular weight excluding hydrogens is 382 g/mol. The van der Waals surface area contributed by atoms with Crippen LogP contribution in [0.1, 0.15) is 51.0 Å². The zero-order valence-electron chi connectivity index (χ0n) is 17.9. The van der Waals surface area contributed by atoms with Crippen LogP contribution in [0.15, 0.2) is 23.3 Å². The van der Waals surface area contributed by atoms with Crippen LogP contribution in [-0.4, -0.2) is 38.3 Å².